The summed E-state index contributed by atoms with van der Waals surface area (Å²) < 4.78 is 0. The molecule has 2 N–H and O–H groups in total. The molecule has 1 amide bonds. The molecule has 94 valence electrons. The van der Waals surface area contributed by atoms with Crippen LogP contribution in [0.1, 0.15) is 17.4 Å². The molecule has 18 heavy (non-hydrogen) atoms. The molecule has 0 saturated heterocycles. The van der Waals surface area contributed by atoms with E-state index in [4.69, 9.17) is 0 Å². The third-order valence-corrected chi connectivity index (χ3v) is 3.45. The summed E-state index contributed by atoms with van der Waals surface area (Å²) >= 11 is 1.64. The summed E-state index contributed by atoms with van der Waals surface area (Å²) in [5, 5.41) is 8.18. The van der Waals surface area contributed by atoms with E-state index in [1.807, 2.05) is 23.6 Å². The number of carbonyl (C=O) groups is 1. The highest BCUT2D eigenvalue weighted by atomic mass is 32.1. The summed E-state index contributed by atoms with van der Waals surface area (Å²) in [4.78, 5) is 12.2. The first-order chi connectivity index (χ1) is 8.65. The maximum Gasteiger partial charge on any atom is 0.221 e. The molecule has 1 aromatic heterocycles. The summed E-state index contributed by atoms with van der Waals surface area (Å²) in [5.41, 5.74) is 3.22. The standard InChI is InChI=1S/C14H16N2OS/c1-10-4-3-5-12(8-10)15-9-14-13(6-7-18-14)16-11(2)17/h3-8,15H,9H2,1-2H3,(H,16,17). The third-order valence-electron chi connectivity index (χ3n) is 2.53. The first-order valence-corrected chi connectivity index (χ1v) is 6.67. The van der Waals surface area contributed by atoms with Gasteiger partial charge in [-0.2, -0.15) is 0 Å². The second kappa shape index (κ2) is 5.69. The lowest BCUT2D eigenvalue weighted by atomic mass is 10.2. The van der Waals surface area contributed by atoms with E-state index in [1.54, 1.807) is 11.3 Å². The average molecular weight is 260 g/mol. The number of nitrogens with one attached hydrogen (secondary N) is 2. The number of thiophene rings is 1. The minimum atomic E-state index is -0.0368. The molecule has 1 heterocycles. The number of hydrogen-bond acceptors (Lipinski definition) is 3. The van der Waals surface area contributed by atoms with Crippen LogP contribution in [0.25, 0.3) is 0 Å². The van der Waals surface area contributed by atoms with Crippen LogP contribution in [-0.4, -0.2) is 5.91 Å². The quantitative estimate of drug-likeness (QED) is 0.881. The van der Waals surface area contributed by atoms with Crippen LogP contribution < -0.4 is 10.6 Å². The van der Waals surface area contributed by atoms with Crippen LogP contribution in [0.2, 0.25) is 0 Å². The summed E-state index contributed by atoms with van der Waals surface area (Å²) in [6.45, 7) is 4.31. The Kier molecular flexibility index (Phi) is 3.99. The summed E-state index contributed by atoms with van der Waals surface area (Å²) in [6.07, 6.45) is 0. The lowest BCUT2D eigenvalue weighted by Gasteiger charge is -2.08. The van der Waals surface area contributed by atoms with Gasteiger partial charge in [-0.15, -0.1) is 11.3 Å². The van der Waals surface area contributed by atoms with E-state index in [0.717, 1.165) is 22.8 Å². The highest BCUT2D eigenvalue weighted by Gasteiger charge is 2.05. The first-order valence-electron chi connectivity index (χ1n) is 5.79. The normalized spacial score (nSPS) is 10.1. The molecule has 0 aliphatic heterocycles. The molecule has 0 fully saturated rings. The molecular weight excluding hydrogens is 244 g/mol. The largest absolute Gasteiger partial charge is 0.380 e. The monoisotopic (exact) mass is 260 g/mol. The number of hydrogen-bond donors (Lipinski definition) is 2. The van der Waals surface area contributed by atoms with Crippen molar-refractivity contribution < 1.29 is 4.79 Å². The first kappa shape index (κ1) is 12.6. The highest BCUT2D eigenvalue weighted by molar-refractivity contribution is 7.10. The summed E-state index contributed by atoms with van der Waals surface area (Å²) in [6, 6.07) is 10.2. The number of carbonyl (C=O) groups excluding carboxylic acids is 1. The number of benzene rings is 1. The Morgan fingerprint density at radius 2 is 2.17 bits per heavy atom. The molecule has 0 aliphatic carbocycles. The average Bonchev–Trinajstić information content (AvgIpc) is 2.73. The summed E-state index contributed by atoms with van der Waals surface area (Å²) in [5.74, 6) is -0.0368. The molecule has 4 heteroatoms. The second-order valence-corrected chi connectivity index (χ2v) is 5.16. The smallest absolute Gasteiger partial charge is 0.221 e. The van der Waals surface area contributed by atoms with Crippen LogP contribution in [0, 0.1) is 6.92 Å². The molecule has 2 aromatic rings. The van der Waals surface area contributed by atoms with E-state index >= 15 is 0 Å². The van der Waals surface area contributed by atoms with Crippen molar-refractivity contribution >= 4 is 28.6 Å². The van der Waals surface area contributed by atoms with Gasteiger partial charge >= 0.3 is 0 Å². The van der Waals surface area contributed by atoms with Gasteiger partial charge in [-0.3, -0.25) is 4.79 Å². The minimum Gasteiger partial charge on any atom is -0.380 e. The molecular formula is C14H16N2OS. The Morgan fingerprint density at radius 1 is 1.33 bits per heavy atom. The lowest BCUT2D eigenvalue weighted by molar-refractivity contribution is -0.114. The van der Waals surface area contributed by atoms with Gasteiger partial charge in [-0.1, -0.05) is 12.1 Å². The summed E-state index contributed by atoms with van der Waals surface area (Å²) in [7, 11) is 0. The maximum atomic E-state index is 11.1. The van der Waals surface area contributed by atoms with Crippen LogP contribution in [0.3, 0.4) is 0 Å². The molecule has 0 atom stereocenters. The van der Waals surface area contributed by atoms with E-state index < -0.39 is 0 Å². The Balaban J connectivity index is 2.02. The van der Waals surface area contributed by atoms with Crippen molar-refractivity contribution in [3.05, 3.63) is 46.2 Å². The van der Waals surface area contributed by atoms with Gasteiger partial charge in [-0.05, 0) is 36.1 Å². The van der Waals surface area contributed by atoms with Gasteiger partial charge in [0.05, 0.1) is 12.2 Å². The Morgan fingerprint density at radius 3 is 2.89 bits per heavy atom. The number of anilines is 2. The zero-order valence-corrected chi connectivity index (χ0v) is 11.3. The predicted molar refractivity (Wildman–Crippen MR) is 77.1 cm³/mol. The van der Waals surface area contributed by atoms with Gasteiger partial charge < -0.3 is 10.6 Å². The van der Waals surface area contributed by atoms with Crippen LogP contribution in [-0.2, 0) is 11.3 Å². The van der Waals surface area contributed by atoms with Gasteiger partial charge in [0.15, 0.2) is 0 Å². The third kappa shape index (κ3) is 3.34. The zero-order valence-electron chi connectivity index (χ0n) is 10.5. The number of rotatable bonds is 4. The second-order valence-electron chi connectivity index (χ2n) is 4.16. The van der Waals surface area contributed by atoms with Gasteiger partial charge in [-0.25, -0.2) is 0 Å². The molecule has 0 spiro atoms. The van der Waals surface area contributed by atoms with Crippen LogP contribution in [0.4, 0.5) is 11.4 Å². The minimum absolute atomic E-state index is 0.0368. The molecule has 3 nitrogen and oxygen atoms in total. The maximum absolute atomic E-state index is 11.1. The molecule has 1 aromatic carbocycles. The van der Waals surface area contributed by atoms with Crippen LogP contribution in [0.5, 0.6) is 0 Å². The van der Waals surface area contributed by atoms with E-state index in [2.05, 4.69) is 29.7 Å². The van der Waals surface area contributed by atoms with E-state index in [-0.39, 0.29) is 5.91 Å². The fourth-order valence-electron chi connectivity index (χ4n) is 1.72. The van der Waals surface area contributed by atoms with Crippen molar-refractivity contribution in [1.29, 1.82) is 0 Å². The topological polar surface area (TPSA) is 41.1 Å². The zero-order chi connectivity index (χ0) is 13.0. The van der Waals surface area contributed by atoms with Crippen molar-refractivity contribution in [3.63, 3.8) is 0 Å². The molecule has 0 radical (unpaired) electrons. The van der Waals surface area contributed by atoms with Gasteiger partial charge in [0.25, 0.3) is 0 Å². The van der Waals surface area contributed by atoms with Gasteiger partial charge in [0.2, 0.25) is 5.91 Å². The van der Waals surface area contributed by atoms with Crippen LogP contribution in [0.15, 0.2) is 35.7 Å². The molecule has 0 saturated carbocycles. The highest BCUT2D eigenvalue weighted by Crippen LogP contribution is 2.23. The van der Waals surface area contributed by atoms with Crippen molar-refractivity contribution in [2.75, 3.05) is 10.6 Å². The fraction of sp³-hybridized carbons (Fsp3) is 0.214. The number of amides is 1. The van der Waals surface area contributed by atoms with E-state index in [1.165, 1.54) is 12.5 Å². The Bertz CT molecular complexity index is 548. The predicted octanol–water partition coefficient (Wildman–Crippen LogP) is 3.63. The van der Waals surface area contributed by atoms with Gasteiger partial charge in [0, 0.05) is 17.5 Å². The Hall–Kier alpha value is -1.81. The number of aryl methyl sites for hydroxylation is 1. The van der Waals surface area contributed by atoms with Crippen molar-refractivity contribution in [3.8, 4) is 0 Å². The SMILES string of the molecule is CC(=O)Nc1ccsc1CNc1cccc(C)c1. The van der Waals surface area contributed by atoms with Crippen molar-refractivity contribution in [1.82, 2.24) is 0 Å². The Labute approximate surface area is 111 Å². The van der Waals surface area contributed by atoms with Crippen molar-refractivity contribution in [2.45, 2.75) is 20.4 Å². The molecule has 0 bridgehead atoms. The molecule has 0 aliphatic rings. The molecule has 2 rings (SSSR count). The van der Waals surface area contributed by atoms with Gasteiger partial charge in [0.1, 0.15) is 0 Å². The molecule has 0 unspecified atom stereocenters. The lowest BCUT2D eigenvalue weighted by Crippen LogP contribution is -2.08. The van der Waals surface area contributed by atoms with Crippen LogP contribution >= 0.6 is 11.3 Å². The van der Waals surface area contributed by atoms with Crippen molar-refractivity contribution in [2.24, 2.45) is 0 Å². The van der Waals surface area contributed by atoms with E-state index in [9.17, 15) is 4.79 Å². The van der Waals surface area contributed by atoms with E-state index in [0.29, 0.717) is 0 Å². The fourth-order valence-corrected chi connectivity index (χ4v) is 2.49.